The Kier molecular flexibility index (Phi) is 5.95. The van der Waals surface area contributed by atoms with Crippen LogP contribution in [0.1, 0.15) is 26.7 Å². The van der Waals surface area contributed by atoms with Crippen molar-refractivity contribution in [1.82, 2.24) is 24.5 Å². The molecule has 0 fully saturated rings. The van der Waals surface area contributed by atoms with Gasteiger partial charge >= 0.3 is 0 Å². The van der Waals surface area contributed by atoms with E-state index in [0.717, 1.165) is 18.4 Å². The lowest BCUT2D eigenvalue weighted by molar-refractivity contribution is -0.119. The van der Waals surface area contributed by atoms with Crippen LogP contribution < -0.4 is 10.9 Å². The second-order valence-corrected chi connectivity index (χ2v) is 7.33. The average molecular weight is 385 g/mol. The monoisotopic (exact) mass is 385 g/mol. The second-order valence-electron chi connectivity index (χ2n) is 6.39. The second kappa shape index (κ2) is 8.39. The van der Waals surface area contributed by atoms with Crippen LogP contribution in [-0.2, 0) is 11.3 Å². The third-order valence-electron chi connectivity index (χ3n) is 4.25. The SMILES string of the molecule is C=CCn1c(=O)c2ccccc2n2c(SCC(=O)NC(C)CCC)nnc12. The predicted octanol–water partition coefficient (Wildman–Crippen LogP) is 2.63. The number of nitrogens with zero attached hydrogens (tertiary/aromatic N) is 4. The van der Waals surface area contributed by atoms with Crippen LogP contribution in [-0.4, -0.2) is 36.9 Å². The number of benzene rings is 1. The number of fused-ring (bicyclic) bond motifs is 3. The van der Waals surface area contributed by atoms with E-state index in [9.17, 15) is 9.59 Å². The lowest BCUT2D eigenvalue weighted by Crippen LogP contribution is -2.33. The molecule has 7 nitrogen and oxygen atoms in total. The minimum atomic E-state index is -0.131. The smallest absolute Gasteiger partial charge is 0.263 e. The van der Waals surface area contributed by atoms with Crippen molar-refractivity contribution >= 4 is 34.3 Å². The van der Waals surface area contributed by atoms with Gasteiger partial charge < -0.3 is 5.32 Å². The Bertz CT molecular complexity index is 1040. The van der Waals surface area contributed by atoms with Crippen molar-refractivity contribution in [2.75, 3.05) is 5.75 Å². The van der Waals surface area contributed by atoms with E-state index in [1.165, 1.54) is 16.3 Å². The van der Waals surface area contributed by atoms with Crippen LogP contribution in [0.3, 0.4) is 0 Å². The summed E-state index contributed by atoms with van der Waals surface area (Å²) >= 11 is 1.31. The maximum atomic E-state index is 12.8. The zero-order valence-corrected chi connectivity index (χ0v) is 16.3. The minimum Gasteiger partial charge on any atom is -0.353 e. The van der Waals surface area contributed by atoms with Gasteiger partial charge in [0.05, 0.1) is 16.7 Å². The largest absolute Gasteiger partial charge is 0.353 e. The molecule has 0 aliphatic carbocycles. The number of hydrogen-bond donors (Lipinski definition) is 1. The van der Waals surface area contributed by atoms with E-state index in [-0.39, 0.29) is 23.3 Å². The van der Waals surface area contributed by atoms with E-state index in [4.69, 9.17) is 0 Å². The molecule has 2 aromatic heterocycles. The quantitative estimate of drug-likeness (QED) is 0.476. The van der Waals surface area contributed by atoms with Crippen molar-refractivity contribution in [3.05, 3.63) is 47.3 Å². The number of rotatable bonds is 8. The van der Waals surface area contributed by atoms with Crippen molar-refractivity contribution < 1.29 is 4.79 Å². The van der Waals surface area contributed by atoms with Gasteiger partial charge in [0.2, 0.25) is 11.7 Å². The first-order valence-electron chi connectivity index (χ1n) is 8.96. The molecule has 1 amide bonds. The Hall–Kier alpha value is -2.61. The van der Waals surface area contributed by atoms with Gasteiger partial charge in [-0.2, -0.15) is 0 Å². The van der Waals surface area contributed by atoms with Crippen molar-refractivity contribution in [2.45, 2.75) is 44.4 Å². The van der Waals surface area contributed by atoms with Gasteiger partial charge in [0.15, 0.2) is 5.16 Å². The Labute approximate surface area is 161 Å². The minimum absolute atomic E-state index is 0.0404. The fourth-order valence-corrected chi connectivity index (χ4v) is 3.82. The number of nitrogens with one attached hydrogen (secondary N) is 1. The molecule has 0 bridgehead atoms. The van der Waals surface area contributed by atoms with Crippen molar-refractivity contribution in [2.24, 2.45) is 0 Å². The highest BCUT2D eigenvalue weighted by atomic mass is 32.2. The first-order valence-corrected chi connectivity index (χ1v) is 9.95. The topological polar surface area (TPSA) is 81.3 Å². The van der Waals surface area contributed by atoms with Crippen LogP contribution in [0.5, 0.6) is 0 Å². The first kappa shape index (κ1) is 19.2. The fraction of sp³-hybridized carbons (Fsp3) is 0.368. The van der Waals surface area contributed by atoms with E-state index in [1.807, 2.05) is 29.5 Å². The molecule has 1 aromatic carbocycles. The summed E-state index contributed by atoms with van der Waals surface area (Å²) in [6, 6.07) is 7.49. The Morgan fingerprint density at radius 2 is 2.15 bits per heavy atom. The lowest BCUT2D eigenvalue weighted by Gasteiger charge is -2.12. The summed E-state index contributed by atoms with van der Waals surface area (Å²) in [6.07, 6.45) is 3.62. The molecule has 1 atom stereocenters. The molecule has 0 aliphatic heterocycles. The Balaban J connectivity index is 1.97. The summed E-state index contributed by atoms with van der Waals surface area (Å²) in [7, 11) is 0. The number of carbonyl (C=O) groups is 1. The molecule has 0 saturated carbocycles. The van der Waals surface area contributed by atoms with Crippen molar-refractivity contribution in [3.8, 4) is 0 Å². The van der Waals surface area contributed by atoms with Crippen LogP contribution in [0.25, 0.3) is 16.7 Å². The summed E-state index contributed by atoms with van der Waals surface area (Å²) in [5.41, 5.74) is 0.596. The van der Waals surface area contributed by atoms with Crippen LogP contribution in [0.15, 0.2) is 46.9 Å². The third kappa shape index (κ3) is 3.90. The number of hydrogen-bond acceptors (Lipinski definition) is 5. The average Bonchev–Trinajstić information content (AvgIpc) is 3.07. The molecule has 0 spiro atoms. The first-order chi connectivity index (χ1) is 13.1. The van der Waals surface area contributed by atoms with Crippen LogP contribution in [0.2, 0.25) is 0 Å². The molecule has 1 N–H and O–H groups in total. The summed E-state index contributed by atoms with van der Waals surface area (Å²) in [5, 5.41) is 12.6. The number of thioether (sulfide) groups is 1. The summed E-state index contributed by atoms with van der Waals surface area (Å²) in [5.74, 6) is 0.645. The molecule has 0 radical (unpaired) electrons. The number of amides is 1. The number of para-hydroxylation sites is 1. The molecular formula is C19H23N5O2S. The van der Waals surface area contributed by atoms with Gasteiger partial charge in [0, 0.05) is 12.6 Å². The normalized spacial score (nSPS) is 12.4. The fourth-order valence-electron chi connectivity index (χ4n) is 3.07. The lowest BCUT2D eigenvalue weighted by atomic mass is 10.2. The molecule has 3 aromatic rings. The highest BCUT2D eigenvalue weighted by Crippen LogP contribution is 2.21. The van der Waals surface area contributed by atoms with Gasteiger partial charge in [-0.25, -0.2) is 0 Å². The van der Waals surface area contributed by atoms with Gasteiger partial charge in [-0.3, -0.25) is 18.6 Å². The zero-order chi connectivity index (χ0) is 19.4. The van der Waals surface area contributed by atoms with E-state index in [1.54, 1.807) is 12.1 Å². The van der Waals surface area contributed by atoms with E-state index in [0.29, 0.717) is 22.9 Å². The highest BCUT2D eigenvalue weighted by molar-refractivity contribution is 7.99. The Morgan fingerprint density at radius 1 is 1.37 bits per heavy atom. The van der Waals surface area contributed by atoms with Crippen LogP contribution >= 0.6 is 11.8 Å². The number of allylic oxidation sites excluding steroid dienone is 1. The standard InChI is InChI=1S/C19H23N5O2S/c1-4-8-13(3)20-16(25)12-27-19-22-21-18-23(11-5-2)17(26)14-9-6-7-10-15(14)24(18)19/h5-7,9-10,13H,2,4,8,11-12H2,1,3H3,(H,20,25). The molecule has 1 unspecified atom stereocenters. The number of aromatic nitrogens is 4. The summed E-state index contributed by atoms with van der Waals surface area (Å²) in [6.45, 7) is 8.15. The zero-order valence-electron chi connectivity index (χ0n) is 15.5. The molecule has 2 heterocycles. The molecule has 27 heavy (non-hydrogen) atoms. The molecule has 0 saturated heterocycles. The molecule has 3 rings (SSSR count). The molecule has 142 valence electrons. The maximum Gasteiger partial charge on any atom is 0.263 e. The van der Waals surface area contributed by atoms with Crippen molar-refractivity contribution in [3.63, 3.8) is 0 Å². The molecule has 0 aliphatic rings. The van der Waals surface area contributed by atoms with Gasteiger partial charge in [0.1, 0.15) is 0 Å². The van der Waals surface area contributed by atoms with Gasteiger partial charge in [-0.15, -0.1) is 16.8 Å². The highest BCUT2D eigenvalue weighted by Gasteiger charge is 2.17. The maximum absolute atomic E-state index is 12.8. The molecule has 8 heteroatoms. The predicted molar refractivity (Wildman–Crippen MR) is 108 cm³/mol. The third-order valence-corrected chi connectivity index (χ3v) is 5.18. The van der Waals surface area contributed by atoms with E-state index in [2.05, 4.69) is 29.0 Å². The van der Waals surface area contributed by atoms with E-state index >= 15 is 0 Å². The van der Waals surface area contributed by atoms with Crippen LogP contribution in [0.4, 0.5) is 0 Å². The van der Waals surface area contributed by atoms with Gasteiger partial charge in [-0.1, -0.05) is 43.3 Å². The molecular weight excluding hydrogens is 362 g/mol. The Morgan fingerprint density at radius 3 is 2.89 bits per heavy atom. The van der Waals surface area contributed by atoms with Crippen molar-refractivity contribution in [1.29, 1.82) is 0 Å². The summed E-state index contributed by atoms with van der Waals surface area (Å²) < 4.78 is 3.36. The number of carbonyl (C=O) groups excluding carboxylic acids is 1. The van der Waals surface area contributed by atoms with Crippen LogP contribution in [0, 0.1) is 0 Å². The van der Waals surface area contributed by atoms with Gasteiger partial charge in [-0.05, 0) is 25.5 Å². The van der Waals surface area contributed by atoms with E-state index < -0.39 is 0 Å². The summed E-state index contributed by atoms with van der Waals surface area (Å²) in [4.78, 5) is 24.9. The van der Waals surface area contributed by atoms with Gasteiger partial charge in [0.25, 0.3) is 5.56 Å².